The van der Waals surface area contributed by atoms with Crippen LogP contribution in [0.5, 0.6) is 17.2 Å². The highest BCUT2D eigenvalue weighted by atomic mass is 16.6. The number of carbonyl (C=O) groups excluding carboxylic acids is 1. The maximum absolute atomic E-state index is 12.6. The highest BCUT2D eigenvalue weighted by Crippen LogP contribution is 2.58. The van der Waals surface area contributed by atoms with Crippen molar-refractivity contribution >= 4 is 11.7 Å². The van der Waals surface area contributed by atoms with E-state index in [4.69, 9.17) is 18.9 Å². The van der Waals surface area contributed by atoms with Crippen molar-refractivity contribution < 1.29 is 23.7 Å². The number of ether oxygens (including phenoxy) is 4. The van der Waals surface area contributed by atoms with E-state index in [1.807, 2.05) is 12.1 Å². The van der Waals surface area contributed by atoms with Crippen molar-refractivity contribution in [1.29, 1.82) is 0 Å². The Balaban J connectivity index is 1.41. The van der Waals surface area contributed by atoms with Crippen LogP contribution in [0.25, 0.3) is 0 Å². The third-order valence-electron chi connectivity index (χ3n) is 6.53. The van der Waals surface area contributed by atoms with Crippen LogP contribution in [0.2, 0.25) is 0 Å². The van der Waals surface area contributed by atoms with Crippen molar-refractivity contribution in [3.8, 4) is 17.2 Å². The summed E-state index contributed by atoms with van der Waals surface area (Å²) in [5, 5.41) is 0. The molecule has 2 heterocycles. The van der Waals surface area contributed by atoms with E-state index in [0.29, 0.717) is 17.7 Å². The number of esters is 1. The van der Waals surface area contributed by atoms with Gasteiger partial charge in [0.2, 0.25) is 0 Å². The summed E-state index contributed by atoms with van der Waals surface area (Å²) in [6.07, 6.45) is 5.35. The number of benzene rings is 2. The van der Waals surface area contributed by atoms with Gasteiger partial charge in [-0.3, -0.25) is 0 Å². The molecule has 30 heavy (non-hydrogen) atoms. The first-order valence-electron chi connectivity index (χ1n) is 10.2. The minimum Gasteiger partial charge on any atom is -0.497 e. The SMILES string of the molecule is COc1ccc(C(=O)O[C@H]2C=C[C@@]34CCN(C)c5ccc(OC)c(c53)OC4C2)cc1. The molecule has 0 aromatic heterocycles. The molecular formula is C24H25NO5. The largest absolute Gasteiger partial charge is 0.497 e. The summed E-state index contributed by atoms with van der Waals surface area (Å²) in [5.74, 6) is 1.92. The lowest BCUT2D eigenvalue weighted by Gasteiger charge is -2.42. The molecular weight excluding hydrogens is 382 g/mol. The second-order valence-electron chi connectivity index (χ2n) is 8.08. The molecule has 5 rings (SSSR count). The molecule has 2 aromatic carbocycles. The van der Waals surface area contributed by atoms with Crippen molar-refractivity contribution in [2.24, 2.45) is 0 Å². The van der Waals surface area contributed by atoms with Gasteiger partial charge in [0.05, 0.1) is 25.2 Å². The number of methoxy groups -OCH3 is 2. The van der Waals surface area contributed by atoms with Gasteiger partial charge in [-0.05, 0) is 48.9 Å². The lowest BCUT2D eigenvalue weighted by atomic mass is 9.67. The van der Waals surface area contributed by atoms with Gasteiger partial charge in [-0.2, -0.15) is 0 Å². The number of anilines is 1. The molecule has 3 aliphatic rings. The zero-order valence-corrected chi connectivity index (χ0v) is 17.4. The highest BCUT2D eigenvalue weighted by Gasteiger charge is 2.54. The number of rotatable bonds is 4. The Hall–Kier alpha value is -3.15. The predicted octanol–water partition coefficient (Wildman–Crippen LogP) is 3.73. The molecule has 2 aliphatic heterocycles. The topological polar surface area (TPSA) is 57.2 Å². The van der Waals surface area contributed by atoms with Gasteiger partial charge < -0.3 is 23.8 Å². The summed E-state index contributed by atoms with van der Waals surface area (Å²) in [5.41, 5.74) is 2.67. The fourth-order valence-electron chi connectivity index (χ4n) is 4.89. The number of carbonyl (C=O) groups is 1. The van der Waals surface area contributed by atoms with E-state index in [-0.39, 0.29) is 23.6 Å². The summed E-state index contributed by atoms with van der Waals surface area (Å²) in [4.78, 5) is 14.9. The minimum atomic E-state index is -0.347. The van der Waals surface area contributed by atoms with E-state index in [1.54, 1.807) is 38.5 Å². The standard InChI is InChI=1S/C24H25NO5/c1-25-13-12-24-11-10-17(29-23(26)15-4-6-16(27-2)7-5-15)14-20(24)30-22-19(28-3)9-8-18(25)21(22)24/h4-11,17,20H,12-14H2,1-3H3/t17-,20?,24-/m0/s1. The van der Waals surface area contributed by atoms with E-state index in [0.717, 1.165) is 24.5 Å². The van der Waals surface area contributed by atoms with Gasteiger partial charge >= 0.3 is 5.97 Å². The van der Waals surface area contributed by atoms with Gasteiger partial charge in [-0.1, -0.05) is 6.08 Å². The summed E-state index contributed by atoms with van der Waals surface area (Å²) in [6.45, 7) is 0.944. The third-order valence-corrected chi connectivity index (χ3v) is 6.53. The lowest BCUT2D eigenvalue weighted by Crippen LogP contribution is -2.47. The van der Waals surface area contributed by atoms with Crippen molar-refractivity contribution in [2.45, 2.75) is 30.5 Å². The van der Waals surface area contributed by atoms with Crippen molar-refractivity contribution in [3.63, 3.8) is 0 Å². The minimum absolute atomic E-state index is 0.0880. The predicted molar refractivity (Wildman–Crippen MR) is 113 cm³/mol. The fraction of sp³-hybridized carbons (Fsp3) is 0.375. The van der Waals surface area contributed by atoms with Gasteiger partial charge in [0, 0.05) is 31.3 Å². The number of hydrogen-bond donors (Lipinski definition) is 0. The van der Waals surface area contributed by atoms with Gasteiger partial charge in [-0.15, -0.1) is 0 Å². The van der Waals surface area contributed by atoms with Crippen LogP contribution in [0.1, 0.15) is 28.8 Å². The average molecular weight is 407 g/mol. The molecule has 2 aromatic rings. The van der Waals surface area contributed by atoms with Crippen LogP contribution < -0.4 is 19.1 Å². The highest BCUT2D eigenvalue weighted by molar-refractivity contribution is 5.89. The Morgan fingerprint density at radius 1 is 1.13 bits per heavy atom. The second kappa shape index (κ2) is 6.97. The fourth-order valence-corrected chi connectivity index (χ4v) is 4.89. The first-order chi connectivity index (χ1) is 14.6. The average Bonchev–Trinajstić information content (AvgIpc) is 3.12. The third kappa shape index (κ3) is 2.74. The van der Waals surface area contributed by atoms with Gasteiger partial charge in [-0.25, -0.2) is 4.79 Å². The summed E-state index contributed by atoms with van der Waals surface area (Å²) >= 11 is 0. The molecule has 1 aliphatic carbocycles. The van der Waals surface area contributed by atoms with Gasteiger partial charge in [0.1, 0.15) is 18.0 Å². The first-order valence-corrected chi connectivity index (χ1v) is 10.2. The van der Waals surface area contributed by atoms with E-state index in [1.165, 1.54) is 11.3 Å². The van der Waals surface area contributed by atoms with Crippen LogP contribution in [0.15, 0.2) is 48.6 Å². The van der Waals surface area contributed by atoms with Crippen LogP contribution in [-0.2, 0) is 10.2 Å². The molecule has 0 bridgehead atoms. The molecule has 1 unspecified atom stereocenters. The Bertz CT molecular complexity index is 1020. The first kappa shape index (κ1) is 18.9. The van der Waals surface area contributed by atoms with E-state index >= 15 is 0 Å². The van der Waals surface area contributed by atoms with Gasteiger partial charge in [0.15, 0.2) is 11.5 Å². The quantitative estimate of drug-likeness (QED) is 0.569. The molecule has 6 nitrogen and oxygen atoms in total. The van der Waals surface area contributed by atoms with Crippen LogP contribution in [0.4, 0.5) is 5.69 Å². The Kier molecular flexibility index (Phi) is 4.38. The molecule has 0 N–H and O–H groups in total. The monoisotopic (exact) mass is 407 g/mol. The molecule has 6 heteroatoms. The molecule has 0 fully saturated rings. The smallest absolute Gasteiger partial charge is 0.338 e. The molecule has 0 radical (unpaired) electrons. The zero-order chi connectivity index (χ0) is 20.9. The summed E-state index contributed by atoms with van der Waals surface area (Å²) in [7, 11) is 5.37. The molecule has 156 valence electrons. The van der Waals surface area contributed by atoms with Crippen molar-refractivity contribution in [1.82, 2.24) is 0 Å². The molecule has 0 saturated heterocycles. The van der Waals surface area contributed by atoms with E-state index < -0.39 is 0 Å². The second-order valence-corrected chi connectivity index (χ2v) is 8.08. The summed E-state index contributed by atoms with van der Waals surface area (Å²) in [6, 6.07) is 11.0. The Morgan fingerprint density at radius 2 is 1.93 bits per heavy atom. The van der Waals surface area contributed by atoms with Crippen LogP contribution >= 0.6 is 0 Å². The maximum atomic E-state index is 12.6. The Morgan fingerprint density at radius 3 is 2.67 bits per heavy atom. The van der Waals surface area contributed by atoms with Crippen LogP contribution in [0.3, 0.4) is 0 Å². The van der Waals surface area contributed by atoms with E-state index in [2.05, 4.69) is 24.1 Å². The molecule has 1 spiro atoms. The zero-order valence-electron chi connectivity index (χ0n) is 17.4. The van der Waals surface area contributed by atoms with Gasteiger partial charge in [0.25, 0.3) is 0 Å². The normalized spacial score (nSPS) is 25.8. The Labute approximate surface area is 176 Å². The van der Waals surface area contributed by atoms with Crippen LogP contribution in [0, 0.1) is 0 Å². The van der Waals surface area contributed by atoms with E-state index in [9.17, 15) is 4.79 Å². The number of hydrogen-bond acceptors (Lipinski definition) is 6. The molecule has 3 atom stereocenters. The molecule has 0 saturated carbocycles. The number of nitrogens with zero attached hydrogens (tertiary/aromatic N) is 1. The van der Waals surface area contributed by atoms with Crippen LogP contribution in [-0.4, -0.2) is 46.0 Å². The maximum Gasteiger partial charge on any atom is 0.338 e. The summed E-state index contributed by atoms with van der Waals surface area (Å²) < 4.78 is 22.9. The lowest BCUT2D eigenvalue weighted by molar-refractivity contribution is 0.0221. The van der Waals surface area contributed by atoms with Crippen molar-refractivity contribution in [2.75, 3.05) is 32.7 Å². The molecule has 0 amide bonds. The van der Waals surface area contributed by atoms with Crippen molar-refractivity contribution in [3.05, 3.63) is 59.7 Å².